The fourth-order valence-corrected chi connectivity index (χ4v) is 10.0. The lowest BCUT2D eigenvalue weighted by Gasteiger charge is -2.33. The minimum Gasteiger partial charge on any atom is -0.414 e. The van der Waals surface area contributed by atoms with Crippen LogP contribution < -0.4 is 14.8 Å². The molecular formula is C42H39ClN6O12S2. The van der Waals surface area contributed by atoms with Gasteiger partial charge in [0.15, 0.2) is 0 Å². The van der Waals surface area contributed by atoms with E-state index in [1.165, 1.54) is 57.7 Å². The summed E-state index contributed by atoms with van der Waals surface area (Å²) in [5.41, 5.74) is -1.16. The number of halogens is 1. The molecule has 0 spiro atoms. The Hall–Kier alpha value is -6.55. The standard InChI is InChI=1S/C21H19N3O6S.C14H16N2O2S.C7H4ClNO4/c25-21(30-18-10-8-17(9-11-18)24(26)27)22-12-14-23(15-13-22)31(28,29)20-7-3-5-16-4-1-2-6-19(16)20;17-19(18,16-10-8-15-9-11-16)14-7-3-5-12-4-1-2-6-13(12)14;8-7(10)13-6-3-1-5(2-4-6)9(11)12/h1-11H,12-15H2;1-7,15H,8-11H2;1-4H. The van der Waals surface area contributed by atoms with Crippen LogP contribution in [0.15, 0.2) is 143 Å². The fourth-order valence-electron chi connectivity index (χ4n) is 6.64. The van der Waals surface area contributed by atoms with Crippen molar-refractivity contribution in [3.63, 3.8) is 0 Å². The van der Waals surface area contributed by atoms with Crippen molar-refractivity contribution in [3.05, 3.63) is 154 Å². The third-order valence-electron chi connectivity index (χ3n) is 9.81. The number of nitro benzene ring substituents is 2. The van der Waals surface area contributed by atoms with Crippen molar-refractivity contribution in [2.45, 2.75) is 9.79 Å². The van der Waals surface area contributed by atoms with Crippen molar-refractivity contribution in [2.75, 3.05) is 52.4 Å². The van der Waals surface area contributed by atoms with Crippen molar-refractivity contribution < 1.29 is 45.7 Å². The van der Waals surface area contributed by atoms with Crippen LogP contribution in [0.25, 0.3) is 21.5 Å². The Bertz CT molecular complexity index is 2830. The summed E-state index contributed by atoms with van der Waals surface area (Å²) in [7, 11) is -7.11. The van der Waals surface area contributed by atoms with E-state index in [1.807, 2.05) is 48.5 Å². The van der Waals surface area contributed by atoms with Crippen LogP contribution in [0.2, 0.25) is 0 Å². The van der Waals surface area contributed by atoms with E-state index in [0.29, 0.717) is 36.5 Å². The Morgan fingerprint density at radius 3 is 1.37 bits per heavy atom. The van der Waals surface area contributed by atoms with Crippen molar-refractivity contribution in [2.24, 2.45) is 0 Å². The van der Waals surface area contributed by atoms with E-state index in [4.69, 9.17) is 16.3 Å². The van der Waals surface area contributed by atoms with Gasteiger partial charge < -0.3 is 19.7 Å². The number of hydrogen-bond acceptors (Lipinski definition) is 13. The van der Waals surface area contributed by atoms with Gasteiger partial charge in [0.2, 0.25) is 20.0 Å². The van der Waals surface area contributed by atoms with Gasteiger partial charge in [-0.15, -0.1) is 0 Å². The monoisotopic (exact) mass is 918 g/mol. The third-order valence-corrected chi connectivity index (χ3v) is 13.8. The highest BCUT2D eigenvalue weighted by atomic mass is 35.5. The first-order valence-corrected chi connectivity index (χ1v) is 22.4. The van der Waals surface area contributed by atoms with E-state index < -0.39 is 41.4 Å². The number of sulfonamides is 2. The van der Waals surface area contributed by atoms with Gasteiger partial charge in [-0.3, -0.25) is 20.2 Å². The first-order valence-electron chi connectivity index (χ1n) is 19.1. The molecule has 8 rings (SSSR count). The van der Waals surface area contributed by atoms with E-state index in [9.17, 15) is 46.7 Å². The van der Waals surface area contributed by atoms with Crippen LogP contribution >= 0.6 is 11.6 Å². The maximum Gasteiger partial charge on any atom is 0.415 e. The highest BCUT2D eigenvalue weighted by Crippen LogP contribution is 2.28. The predicted molar refractivity (Wildman–Crippen MR) is 234 cm³/mol. The highest BCUT2D eigenvalue weighted by Gasteiger charge is 2.32. The molecule has 1 N–H and O–H groups in total. The number of hydrogen-bond donors (Lipinski definition) is 1. The second-order valence-corrected chi connectivity index (χ2v) is 17.8. The summed E-state index contributed by atoms with van der Waals surface area (Å²) in [5.74, 6) is 0.354. The molecule has 0 bridgehead atoms. The number of piperazine rings is 2. The number of fused-ring (bicyclic) bond motifs is 2. The third kappa shape index (κ3) is 11.5. The number of non-ortho nitro benzene ring substituents is 2. The van der Waals surface area contributed by atoms with Crippen molar-refractivity contribution in [1.82, 2.24) is 18.8 Å². The van der Waals surface area contributed by atoms with E-state index in [2.05, 4.69) is 10.1 Å². The van der Waals surface area contributed by atoms with Gasteiger partial charge in [0.05, 0.1) is 19.6 Å². The lowest BCUT2D eigenvalue weighted by atomic mass is 10.1. The van der Waals surface area contributed by atoms with Crippen molar-refractivity contribution in [3.8, 4) is 11.5 Å². The number of ether oxygens (including phenoxy) is 2. The van der Waals surface area contributed by atoms with Gasteiger partial charge in [-0.25, -0.2) is 26.4 Å². The molecule has 1 amide bonds. The number of amides is 1. The average molecular weight is 919 g/mol. The van der Waals surface area contributed by atoms with Crippen LogP contribution in [-0.4, -0.2) is 104 Å². The molecule has 328 valence electrons. The fraction of sp³-hybridized carbons (Fsp3) is 0.190. The summed E-state index contributed by atoms with van der Waals surface area (Å²) in [6, 6.07) is 35.7. The molecule has 2 aliphatic rings. The van der Waals surface area contributed by atoms with Crippen LogP contribution in [0.1, 0.15) is 0 Å². The van der Waals surface area contributed by atoms with Crippen LogP contribution in [0.5, 0.6) is 11.5 Å². The zero-order valence-electron chi connectivity index (χ0n) is 33.2. The normalized spacial score (nSPS) is 14.7. The van der Waals surface area contributed by atoms with Gasteiger partial charge in [-0.05, 0) is 47.2 Å². The quantitative estimate of drug-likeness (QED) is 0.0921. The Morgan fingerprint density at radius 1 is 0.540 bits per heavy atom. The molecule has 6 aromatic carbocycles. The maximum absolute atomic E-state index is 13.2. The van der Waals surface area contributed by atoms with Gasteiger partial charge >= 0.3 is 11.5 Å². The molecule has 0 aliphatic carbocycles. The molecule has 2 saturated heterocycles. The summed E-state index contributed by atoms with van der Waals surface area (Å²) in [5, 5.41) is 27.3. The van der Waals surface area contributed by atoms with Crippen molar-refractivity contribution in [1.29, 1.82) is 0 Å². The van der Waals surface area contributed by atoms with Gasteiger partial charge in [0.25, 0.3) is 11.4 Å². The molecule has 0 saturated carbocycles. The van der Waals surface area contributed by atoms with Gasteiger partial charge in [0.1, 0.15) is 11.5 Å². The van der Waals surface area contributed by atoms with E-state index in [-0.39, 0.29) is 53.9 Å². The molecule has 21 heteroatoms. The van der Waals surface area contributed by atoms with Crippen LogP contribution in [-0.2, 0) is 20.0 Å². The first-order chi connectivity index (χ1) is 30.1. The van der Waals surface area contributed by atoms with Gasteiger partial charge in [0, 0.05) is 99.0 Å². The molecule has 63 heavy (non-hydrogen) atoms. The molecule has 0 unspecified atom stereocenters. The molecule has 0 atom stereocenters. The second-order valence-electron chi connectivity index (χ2n) is 13.7. The van der Waals surface area contributed by atoms with Crippen LogP contribution in [0, 0.1) is 20.2 Å². The molecule has 18 nitrogen and oxygen atoms in total. The summed E-state index contributed by atoms with van der Waals surface area (Å²) in [6.45, 7) is 3.12. The number of nitro groups is 2. The lowest BCUT2D eigenvalue weighted by molar-refractivity contribution is -0.385. The predicted octanol–water partition coefficient (Wildman–Crippen LogP) is 7.02. The lowest BCUT2D eigenvalue weighted by Crippen LogP contribution is -2.51. The Kier molecular flexibility index (Phi) is 15.0. The topological polar surface area (TPSA) is 229 Å². The minimum atomic E-state index is -3.72. The van der Waals surface area contributed by atoms with Crippen LogP contribution in [0.3, 0.4) is 0 Å². The molecule has 2 aliphatic heterocycles. The maximum atomic E-state index is 13.2. The highest BCUT2D eigenvalue weighted by molar-refractivity contribution is 7.89. The summed E-state index contributed by atoms with van der Waals surface area (Å²) < 4.78 is 64.4. The number of carbonyl (C=O) groups excluding carboxylic acids is 2. The molecule has 2 heterocycles. The van der Waals surface area contributed by atoms with Gasteiger partial charge in [-0.2, -0.15) is 8.61 Å². The van der Waals surface area contributed by atoms with Crippen LogP contribution in [0.4, 0.5) is 21.0 Å². The Morgan fingerprint density at radius 2 is 0.937 bits per heavy atom. The van der Waals surface area contributed by atoms with Crippen molar-refractivity contribution >= 4 is 76.1 Å². The summed E-state index contributed by atoms with van der Waals surface area (Å²) in [4.78, 5) is 44.5. The van der Waals surface area contributed by atoms with Gasteiger partial charge in [-0.1, -0.05) is 72.8 Å². The molecule has 0 radical (unpaired) electrons. The van der Waals surface area contributed by atoms with E-state index >= 15 is 0 Å². The smallest absolute Gasteiger partial charge is 0.414 e. The summed E-state index contributed by atoms with van der Waals surface area (Å²) in [6.07, 6.45) is -0.629. The zero-order chi connectivity index (χ0) is 45.1. The Labute approximate surface area is 366 Å². The molecule has 2 fully saturated rings. The largest absolute Gasteiger partial charge is 0.415 e. The average Bonchev–Trinajstić information content (AvgIpc) is 3.29. The second kappa shape index (κ2) is 20.5. The number of nitrogens with zero attached hydrogens (tertiary/aromatic N) is 5. The first kappa shape index (κ1) is 46.0. The number of carbonyl (C=O) groups is 2. The van der Waals surface area contributed by atoms with E-state index in [1.54, 1.807) is 40.7 Å². The number of rotatable bonds is 8. The number of nitrogens with one attached hydrogen (secondary N) is 1. The zero-order valence-corrected chi connectivity index (χ0v) is 35.6. The Balaban J connectivity index is 0.000000175. The molecular weight excluding hydrogens is 880 g/mol. The minimum absolute atomic E-state index is 0.0747. The molecule has 0 aromatic heterocycles. The molecule has 6 aromatic rings. The SMILES string of the molecule is O=C(Cl)Oc1ccc([N+](=O)[O-])cc1.O=C(Oc1ccc([N+](=O)[O-])cc1)N1CCN(S(=O)(=O)c2cccc3ccccc23)CC1.O=S(=O)(c1cccc2ccccc12)N1CCNCC1. The summed E-state index contributed by atoms with van der Waals surface area (Å²) >= 11 is 4.92. The van der Waals surface area contributed by atoms with E-state index in [0.717, 1.165) is 16.2 Å². The number of benzene rings is 6.